The first-order valence-corrected chi connectivity index (χ1v) is 7.79. The van der Waals surface area contributed by atoms with Crippen LogP contribution in [0.2, 0.25) is 0 Å². The molecule has 5 N–H and O–H groups in total. The zero-order valence-electron chi connectivity index (χ0n) is 10.6. The summed E-state index contributed by atoms with van der Waals surface area (Å²) in [4.78, 5) is -0.0443. The maximum absolute atomic E-state index is 11.2. The maximum Gasteiger partial charge on any atom is 0.240 e. The number of benzene rings is 1. The molecule has 1 aromatic carbocycles. The molecule has 2 rings (SSSR count). The fourth-order valence-corrected chi connectivity index (χ4v) is 2.81. The minimum absolute atomic E-state index is 0.0443. The van der Waals surface area contributed by atoms with E-state index in [1.54, 1.807) is 12.1 Å². The number of rotatable bonds is 5. The summed E-state index contributed by atoms with van der Waals surface area (Å²) in [6.07, 6.45) is 3.49. The number of nitrogens with two attached hydrogens (primary N) is 2. The lowest BCUT2D eigenvalue weighted by Gasteiger charge is -2.12. The lowest BCUT2D eigenvalue weighted by Crippen LogP contribution is -2.15. The molecule has 1 aromatic rings. The Morgan fingerprint density at radius 2 is 2.21 bits per heavy atom. The highest BCUT2D eigenvalue weighted by Gasteiger charge is 2.15. The number of ether oxygens (including phenoxy) is 1. The molecule has 0 spiro atoms. The van der Waals surface area contributed by atoms with E-state index in [2.05, 4.69) is 5.32 Å². The van der Waals surface area contributed by atoms with Gasteiger partial charge in [-0.05, 0) is 37.5 Å². The van der Waals surface area contributed by atoms with E-state index in [0.717, 1.165) is 38.1 Å². The molecular formula is C12H19N3O3S. The maximum atomic E-state index is 11.2. The number of primary sulfonamides is 1. The van der Waals surface area contributed by atoms with E-state index in [9.17, 15) is 8.42 Å². The molecule has 0 aliphatic carbocycles. The molecule has 0 radical (unpaired) electrons. The van der Waals surface area contributed by atoms with Gasteiger partial charge in [0.25, 0.3) is 0 Å². The third kappa shape index (κ3) is 3.82. The highest BCUT2D eigenvalue weighted by molar-refractivity contribution is 7.89. The Hall–Kier alpha value is -1.31. The Labute approximate surface area is 113 Å². The molecular weight excluding hydrogens is 266 g/mol. The van der Waals surface area contributed by atoms with E-state index in [1.807, 2.05) is 0 Å². The second kappa shape index (κ2) is 5.77. The second-order valence-electron chi connectivity index (χ2n) is 4.65. The van der Waals surface area contributed by atoms with Crippen LogP contribution in [0.3, 0.4) is 0 Å². The Morgan fingerprint density at radius 3 is 2.79 bits per heavy atom. The molecule has 7 heteroatoms. The van der Waals surface area contributed by atoms with Crippen LogP contribution in [0.1, 0.15) is 19.3 Å². The van der Waals surface area contributed by atoms with Gasteiger partial charge in [-0.15, -0.1) is 0 Å². The second-order valence-corrected chi connectivity index (χ2v) is 6.18. The molecule has 106 valence electrons. The summed E-state index contributed by atoms with van der Waals surface area (Å²) in [5, 5.41) is 8.24. The van der Waals surface area contributed by atoms with E-state index in [-0.39, 0.29) is 10.6 Å². The number of anilines is 2. The van der Waals surface area contributed by atoms with Crippen molar-refractivity contribution in [1.29, 1.82) is 0 Å². The van der Waals surface area contributed by atoms with Gasteiger partial charge in [0, 0.05) is 18.8 Å². The summed E-state index contributed by atoms with van der Waals surface area (Å²) in [7, 11) is -3.76. The summed E-state index contributed by atoms with van der Waals surface area (Å²) in [5.41, 5.74) is 6.62. The predicted molar refractivity (Wildman–Crippen MR) is 74.3 cm³/mol. The third-order valence-corrected chi connectivity index (χ3v) is 4.12. The molecule has 1 unspecified atom stereocenters. The van der Waals surface area contributed by atoms with Gasteiger partial charge in [-0.3, -0.25) is 0 Å². The summed E-state index contributed by atoms with van der Waals surface area (Å²) >= 11 is 0. The molecule has 6 nitrogen and oxygen atoms in total. The van der Waals surface area contributed by atoms with E-state index in [4.69, 9.17) is 15.6 Å². The number of nitrogen functional groups attached to an aromatic ring is 1. The van der Waals surface area contributed by atoms with Crippen molar-refractivity contribution in [2.45, 2.75) is 30.3 Å². The Kier molecular flexibility index (Phi) is 4.28. The SMILES string of the molecule is Nc1cc(NCCC2CCCO2)ccc1S(N)(=O)=O. The van der Waals surface area contributed by atoms with E-state index < -0.39 is 10.0 Å². The van der Waals surface area contributed by atoms with Gasteiger partial charge in [0.1, 0.15) is 4.90 Å². The van der Waals surface area contributed by atoms with Gasteiger partial charge in [0.15, 0.2) is 0 Å². The van der Waals surface area contributed by atoms with Gasteiger partial charge in [0.05, 0.1) is 11.8 Å². The first kappa shape index (κ1) is 14.1. The average molecular weight is 285 g/mol. The van der Waals surface area contributed by atoms with Gasteiger partial charge in [0.2, 0.25) is 10.0 Å². The number of hydrogen-bond acceptors (Lipinski definition) is 5. The fourth-order valence-electron chi connectivity index (χ4n) is 2.17. The molecule has 1 atom stereocenters. The topological polar surface area (TPSA) is 107 Å². The smallest absolute Gasteiger partial charge is 0.240 e. The zero-order chi connectivity index (χ0) is 13.9. The number of hydrogen-bond donors (Lipinski definition) is 3. The molecule has 1 fully saturated rings. The first-order chi connectivity index (χ1) is 8.97. The summed E-state index contributed by atoms with van der Waals surface area (Å²) in [5.74, 6) is 0. The van der Waals surface area contributed by atoms with E-state index >= 15 is 0 Å². The molecule has 1 heterocycles. The van der Waals surface area contributed by atoms with E-state index in [1.165, 1.54) is 6.07 Å². The van der Waals surface area contributed by atoms with Crippen LogP contribution >= 0.6 is 0 Å². The molecule has 0 amide bonds. The molecule has 1 saturated heterocycles. The minimum atomic E-state index is -3.76. The largest absolute Gasteiger partial charge is 0.398 e. The Morgan fingerprint density at radius 1 is 1.42 bits per heavy atom. The van der Waals surface area contributed by atoms with Crippen LogP contribution in [0.5, 0.6) is 0 Å². The van der Waals surface area contributed by atoms with Crippen LogP contribution in [0.25, 0.3) is 0 Å². The predicted octanol–water partition coefficient (Wildman–Crippen LogP) is 0.897. The normalized spacial score (nSPS) is 19.5. The van der Waals surface area contributed by atoms with Gasteiger partial charge >= 0.3 is 0 Å². The van der Waals surface area contributed by atoms with Crippen LogP contribution in [-0.2, 0) is 14.8 Å². The van der Waals surface area contributed by atoms with Gasteiger partial charge in [-0.25, -0.2) is 13.6 Å². The lowest BCUT2D eigenvalue weighted by atomic mass is 10.2. The summed E-state index contributed by atoms with van der Waals surface area (Å²) in [6.45, 7) is 1.61. The average Bonchev–Trinajstić information content (AvgIpc) is 2.80. The van der Waals surface area contributed by atoms with Crippen LogP contribution < -0.4 is 16.2 Å². The minimum Gasteiger partial charge on any atom is -0.398 e. The van der Waals surface area contributed by atoms with Gasteiger partial charge < -0.3 is 15.8 Å². The Bertz CT molecular complexity index is 539. The molecule has 0 bridgehead atoms. The highest BCUT2D eigenvalue weighted by atomic mass is 32.2. The van der Waals surface area contributed by atoms with Crippen LogP contribution in [-0.4, -0.2) is 27.7 Å². The quantitative estimate of drug-likeness (QED) is 0.697. The van der Waals surface area contributed by atoms with Crippen molar-refractivity contribution < 1.29 is 13.2 Å². The first-order valence-electron chi connectivity index (χ1n) is 6.24. The Balaban J connectivity index is 1.92. The van der Waals surface area contributed by atoms with Gasteiger partial charge in [-0.1, -0.05) is 0 Å². The molecule has 1 aliphatic heterocycles. The van der Waals surface area contributed by atoms with Crippen molar-refractivity contribution in [3.63, 3.8) is 0 Å². The summed E-state index contributed by atoms with van der Waals surface area (Å²) in [6, 6.07) is 4.65. The molecule has 19 heavy (non-hydrogen) atoms. The van der Waals surface area contributed by atoms with Crippen molar-refractivity contribution in [3.8, 4) is 0 Å². The lowest BCUT2D eigenvalue weighted by molar-refractivity contribution is 0.107. The van der Waals surface area contributed by atoms with E-state index in [0.29, 0.717) is 6.10 Å². The monoisotopic (exact) mass is 285 g/mol. The molecule has 1 aliphatic rings. The fraction of sp³-hybridized carbons (Fsp3) is 0.500. The van der Waals surface area contributed by atoms with Crippen molar-refractivity contribution in [1.82, 2.24) is 0 Å². The zero-order valence-corrected chi connectivity index (χ0v) is 11.4. The molecule has 0 aromatic heterocycles. The van der Waals surface area contributed by atoms with Gasteiger partial charge in [-0.2, -0.15) is 0 Å². The third-order valence-electron chi connectivity index (χ3n) is 3.14. The summed E-state index contributed by atoms with van der Waals surface area (Å²) < 4.78 is 27.9. The standard InChI is InChI=1S/C12H19N3O3S/c13-11-8-9(3-4-12(11)19(14,16)17)15-6-5-10-2-1-7-18-10/h3-4,8,10,15H,1-2,5-7,13H2,(H2,14,16,17). The molecule has 0 saturated carbocycles. The van der Waals surface area contributed by atoms with Crippen molar-refractivity contribution in [3.05, 3.63) is 18.2 Å². The number of sulfonamides is 1. The van der Waals surface area contributed by atoms with Crippen molar-refractivity contribution >= 4 is 21.4 Å². The van der Waals surface area contributed by atoms with Crippen molar-refractivity contribution in [2.75, 3.05) is 24.2 Å². The van der Waals surface area contributed by atoms with Crippen LogP contribution in [0.15, 0.2) is 23.1 Å². The number of nitrogens with one attached hydrogen (secondary N) is 1. The van der Waals surface area contributed by atoms with Crippen molar-refractivity contribution in [2.24, 2.45) is 5.14 Å². The van der Waals surface area contributed by atoms with Crippen LogP contribution in [0.4, 0.5) is 11.4 Å². The highest BCUT2D eigenvalue weighted by Crippen LogP contribution is 2.22. The van der Waals surface area contributed by atoms with Crippen LogP contribution in [0, 0.1) is 0 Å².